The van der Waals surface area contributed by atoms with Crippen LogP contribution in [0.2, 0.25) is 0 Å². The Morgan fingerprint density at radius 1 is 1.27 bits per heavy atom. The highest BCUT2D eigenvalue weighted by Gasteiger charge is 2.26. The summed E-state index contributed by atoms with van der Waals surface area (Å²) in [5.41, 5.74) is 1.33. The lowest BCUT2D eigenvalue weighted by Gasteiger charge is -2.28. The van der Waals surface area contributed by atoms with Gasteiger partial charge >= 0.3 is 6.09 Å². The second-order valence-electron chi connectivity index (χ2n) is 7.16. The van der Waals surface area contributed by atoms with Gasteiger partial charge in [0.1, 0.15) is 5.60 Å². The summed E-state index contributed by atoms with van der Waals surface area (Å²) in [6, 6.07) is 6.06. The average Bonchev–Trinajstić information content (AvgIpc) is 2.69. The van der Waals surface area contributed by atoms with Crippen LogP contribution in [0.15, 0.2) is 28.9 Å². The molecule has 22 heavy (non-hydrogen) atoms. The second kappa shape index (κ2) is 5.95. The molecule has 5 heteroatoms. The predicted octanol–water partition coefficient (Wildman–Crippen LogP) is 4.78. The third-order valence-corrected chi connectivity index (χ3v) is 3.87. The number of H-pyrrole nitrogens is 1. The van der Waals surface area contributed by atoms with E-state index in [4.69, 9.17) is 4.74 Å². The van der Waals surface area contributed by atoms with Crippen molar-refractivity contribution in [2.24, 2.45) is 0 Å². The van der Waals surface area contributed by atoms with Gasteiger partial charge in [-0.3, -0.25) is 0 Å². The molecule has 1 heterocycles. The lowest BCUT2D eigenvalue weighted by Crippen LogP contribution is -2.47. The first-order valence-corrected chi connectivity index (χ1v) is 8.12. The van der Waals surface area contributed by atoms with Crippen LogP contribution >= 0.6 is 15.9 Å². The topological polar surface area (TPSA) is 54.1 Å². The Labute approximate surface area is 139 Å². The summed E-state index contributed by atoms with van der Waals surface area (Å²) in [5.74, 6) is 0. The van der Waals surface area contributed by atoms with E-state index in [2.05, 4.69) is 26.2 Å². The Balaban J connectivity index is 2.15. The molecule has 0 aliphatic rings. The van der Waals surface area contributed by atoms with Gasteiger partial charge in [0.2, 0.25) is 0 Å². The molecule has 120 valence electrons. The van der Waals surface area contributed by atoms with E-state index in [1.807, 2.05) is 59.0 Å². The largest absolute Gasteiger partial charge is 0.444 e. The highest BCUT2D eigenvalue weighted by Crippen LogP contribution is 2.29. The number of rotatable bonds is 3. The molecule has 0 unspecified atom stereocenters. The minimum absolute atomic E-state index is 0.392. The van der Waals surface area contributed by atoms with Crippen LogP contribution in [0.1, 0.15) is 40.2 Å². The molecule has 2 aromatic rings. The van der Waals surface area contributed by atoms with Gasteiger partial charge in [-0.25, -0.2) is 4.79 Å². The van der Waals surface area contributed by atoms with Crippen LogP contribution in [0.5, 0.6) is 0 Å². The Morgan fingerprint density at radius 3 is 2.59 bits per heavy atom. The third-order valence-electron chi connectivity index (χ3n) is 3.21. The summed E-state index contributed by atoms with van der Waals surface area (Å²) < 4.78 is 6.39. The molecule has 2 N–H and O–H groups in total. The van der Waals surface area contributed by atoms with Crippen LogP contribution in [0.25, 0.3) is 10.9 Å². The van der Waals surface area contributed by atoms with E-state index in [1.54, 1.807) is 0 Å². The van der Waals surface area contributed by atoms with E-state index >= 15 is 0 Å². The molecule has 0 bridgehead atoms. The highest BCUT2D eigenvalue weighted by molar-refractivity contribution is 9.10. The molecule has 2 rings (SSSR count). The standard InChI is InChI=1S/C17H23BrN2O2/c1-16(2,3)22-15(21)20-17(4,5)9-11-10-19-13-8-6-7-12(18)14(11)13/h6-8,10,19H,9H2,1-5H3,(H,20,21). The number of ether oxygens (including phenoxy) is 1. The number of hydrogen-bond acceptors (Lipinski definition) is 2. The van der Waals surface area contributed by atoms with Crippen LogP contribution in [0.3, 0.4) is 0 Å². The number of alkyl carbamates (subject to hydrolysis) is 1. The van der Waals surface area contributed by atoms with Crippen molar-refractivity contribution in [3.63, 3.8) is 0 Å². The number of carbonyl (C=O) groups is 1. The smallest absolute Gasteiger partial charge is 0.408 e. The molecular weight excluding hydrogens is 344 g/mol. The molecule has 1 aromatic heterocycles. The Kier molecular flexibility index (Phi) is 4.57. The van der Waals surface area contributed by atoms with Gasteiger partial charge in [-0.1, -0.05) is 22.0 Å². The molecule has 0 spiro atoms. The van der Waals surface area contributed by atoms with Crippen molar-refractivity contribution in [1.82, 2.24) is 10.3 Å². The number of amides is 1. The van der Waals surface area contributed by atoms with Crippen LogP contribution in [0, 0.1) is 0 Å². The van der Waals surface area contributed by atoms with E-state index in [0.717, 1.165) is 20.9 Å². The van der Waals surface area contributed by atoms with Crippen molar-refractivity contribution >= 4 is 32.9 Å². The maximum atomic E-state index is 12.0. The van der Waals surface area contributed by atoms with Gasteiger partial charge in [0.15, 0.2) is 0 Å². The lowest BCUT2D eigenvalue weighted by molar-refractivity contribution is 0.0472. The fourth-order valence-corrected chi connectivity index (χ4v) is 3.07. The first kappa shape index (κ1) is 16.9. The van der Waals surface area contributed by atoms with Crippen molar-refractivity contribution in [3.05, 3.63) is 34.4 Å². The van der Waals surface area contributed by atoms with Gasteiger partial charge in [-0.15, -0.1) is 0 Å². The third kappa shape index (κ3) is 4.26. The van der Waals surface area contributed by atoms with Crippen molar-refractivity contribution in [1.29, 1.82) is 0 Å². The zero-order chi connectivity index (χ0) is 16.5. The number of hydrogen-bond donors (Lipinski definition) is 2. The molecule has 0 saturated carbocycles. The summed E-state index contributed by atoms with van der Waals surface area (Å²) >= 11 is 3.59. The normalized spacial score (nSPS) is 12.5. The molecular formula is C17H23BrN2O2. The van der Waals surface area contributed by atoms with Gasteiger partial charge in [-0.2, -0.15) is 0 Å². The Morgan fingerprint density at radius 2 is 1.95 bits per heavy atom. The van der Waals surface area contributed by atoms with Crippen LogP contribution in [-0.4, -0.2) is 22.2 Å². The number of benzene rings is 1. The monoisotopic (exact) mass is 366 g/mol. The predicted molar refractivity (Wildman–Crippen MR) is 93.2 cm³/mol. The van der Waals surface area contributed by atoms with E-state index in [-0.39, 0.29) is 0 Å². The summed E-state index contributed by atoms with van der Waals surface area (Å²) in [6.45, 7) is 9.56. The SMILES string of the molecule is CC(C)(Cc1c[nH]c2cccc(Br)c12)NC(=O)OC(C)(C)C. The quantitative estimate of drug-likeness (QED) is 0.821. The number of fused-ring (bicyclic) bond motifs is 1. The number of aromatic amines is 1. The van der Waals surface area contributed by atoms with Crippen LogP contribution in [0.4, 0.5) is 4.79 Å². The maximum absolute atomic E-state index is 12.0. The van der Waals surface area contributed by atoms with Crippen LogP contribution < -0.4 is 5.32 Å². The molecule has 1 aromatic carbocycles. The van der Waals surface area contributed by atoms with E-state index in [1.165, 1.54) is 0 Å². The minimum Gasteiger partial charge on any atom is -0.444 e. The number of aromatic nitrogens is 1. The molecule has 0 aliphatic heterocycles. The fourth-order valence-electron chi connectivity index (χ4n) is 2.45. The molecule has 1 amide bonds. The van der Waals surface area contributed by atoms with E-state index < -0.39 is 17.2 Å². The van der Waals surface area contributed by atoms with Crippen molar-refractivity contribution in [2.45, 2.75) is 52.2 Å². The number of nitrogens with one attached hydrogen (secondary N) is 2. The molecule has 0 fully saturated rings. The maximum Gasteiger partial charge on any atom is 0.408 e. The van der Waals surface area contributed by atoms with Crippen molar-refractivity contribution in [3.8, 4) is 0 Å². The highest BCUT2D eigenvalue weighted by atomic mass is 79.9. The first-order chi connectivity index (χ1) is 10.1. The molecule has 0 radical (unpaired) electrons. The zero-order valence-electron chi connectivity index (χ0n) is 13.7. The summed E-state index contributed by atoms with van der Waals surface area (Å²) in [6.07, 6.45) is 2.31. The van der Waals surface area contributed by atoms with Crippen LogP contribution in [-0.2, 0) is 11.2 Å². The summed E-state index contributed by atoms with van der Waals surface area (Å²) in [4.78, 5) is 15.3. The van der Waals surface area contributed by atoms with Gasteiger partial charge < -0.3 is 15.0 Å². The number of halogens is 1. The van der Waals surface area contributed by atoms with Crippen molar-refractivity contribution in [2.75, 3.05) is 0 Å². The van der Waals surface area contributed by atoms with Gasteiger partial charge in [0.05, 0.1) is 0 Å². The summed E-state index contributed by atoms with van der Waals surface area (Å²) in [7, 11) is 0. The molecule has 0 atom stereocenters. The van der Waals surface area contributed by atoms with Crippen molar-refractivity contribution < 1.29 is 9.53 Å². The molecule has 0 aliphatic carbocycles. The fraction of sp³-hybridized carbons (Fsp3) is 0.471. The van der Waals surface area contributed by atoms with Gasteiger partial charge in [-0.05, 0) is 58.7 Å². The number of carbonyl (C=O) groups excluding carboxylic acids is 1. The minimum atomic E-state index is -0.496. The van der Waals surface area contributed by atoms with Gasteiger partial charge in [0.25, 0.3) is 0 Å². The van der Waals surface area contributed by atoms with E-state index in [0.29, 0.717) is 6.42 Å². The lowest BCUT2D eigenvalue weighted by atomic mass is 9.95. The summed E-state index contributed by atoms with van der Waals surface area (Å²) in [5, 5.41) is 4.10. The first-order valence-electron chi connectivity index (χ1n) is 7.33. The Hall–Kier alpha value is -1.49. The molecule has 4 nitrogen and oxygen atoms in total. The second-order valence-corrected chi connectivity index (χ2v) is 8.02. The van der Waals surface area contributed by atoms with E-state index in [9.17, 15) is 4.79 Å². The molecule has 0 saturated heterocycles. The van der Waals surface area contributed by atoms with Gasteiger partial charge in [0, 0.05) is 27.1 Å². The average molecular weight is 367 g/mol. The zero-order valence-corrected chi connectivity index (χ0v) is 15.3. The Bertz CT molecular complexity index is 684.